The minimum Gasteiger partial charge on any atom is -0.482 e. The normalized spacial score (nSPS) is 18.7. The number of ketones is 1. The number of ether oxygens (including phenoxy) is 2. The molecule has 11 heteroatoms. The standard InChI is InChI=1S/C26H23NO10/c1-3-36-25(33)26(24(31)32)13-18(11-19(15(26)2)23(29)30)22(28)17-9-10-20(27(34)35)21(12-17)37-14-16-7-5-4-6-8-16/h4-13,15H,3,14H2,1-2H3,(H,29,30)(H,31,32). The Kier molecular flexibility index (Phi) is 7.86. The van der Waals surface area contributed by atoms with Crippen molar-refractivity contribution in [2.24, 2.45) is 11.3 Å². The third kappa shape index (κ3) is 5.25. The van der Waals surface area contributed by atoms with Crippen LogP contribution in [-0.4, -0.2) is 45.4 Å². The maximum Gasteiger partial charge on any atom is 0.331 e. The van der Waals surface area contributed by atoms with Crippen LogP contribution < -0.4 is 4.74 Å². The van der Waals surface area contributed by atoms with Crippen molar-refractivity contribution >= 4 is 29.4 Å². The van der Waals surface area contributed by atoms with Crippen molar-refractivity contribution in [3.63, 3.8) is 0 Å². The van der Waals surface area contributed by atoms with Gasteiger partial charge in [-0.15, -0.1) is 0 Å². The van der Waals surface area contributed by atoms with Crippen molar-refractivity contribution in [2.75, 3.05) is 6.61 Å². The molecule has 37 heavy (non-hydrogen) atoms. The quantitative estimate of drug-likeness (QED) is 0.159. The lowest BCUT2D eigenvalue weighted by molar-refractivity contribution is -0.385. The van der Waals surface area contributed by atoms with E-state index in [2.05, 4.69) is 0 Å². The number of carbonyl (C=O) groups excluding carboxylic acids is 2. The molecule has 0 radical (unpaired) electrons. The van der Waals surface area contributed by atoms with Crippen molar-refractivity contribution in [1.29, 1.82) is 0 Å². The van der Waals surface area contributed by atoms with Gasteiger partial charge in [-0.3, -0.25) is 24.5 Å². The fourth-order valence-electron chi connectivity index (χ4n) is 3.97. The van der Waals surface area contributed by atoms with Crippen molar-refractivity contribution in [3.05, 3.63) is 93.1 Å². The molecular weight excluding hydrogens is 486 g/mol. The summed E-state index contributed by atoms with van der Waals surface area (Å²) in [5.74, 6) is -6.87. The van der Waals surface area contributed by atoms with Crippen LogP contribution in [0.3, 0.4) is 0 Å². The number of hydrogen-bond donors (Lipinski definition) is 2. The SMILES string of the molecule is CCOC(=O)C1(C(=O)O)C=C(C(=O)c2ccc([N+](=O)[O-])c(OCc3ccccc3)c2)C=C(C(=O)O)C1C. The molecule has 0 heterocycles. The summed E-state index contributed by atoms with van der Waals surface area (Å²) in [5.41, 5.74) is -3.19. The maximum absolute atomic E-state index is 13.4. The average molecular weight is 509 g/mol. The topological polar surface area (TPSA) is 170 Å². The third-order valence-corrected chi connectivity index (χ3v) is 5.98. The molecule has 2 unspecified atom stereocenters. The van der Waals surface area contributed by atoms with Crippen molar-refractivity contribution in [3.8, 4) is 5.75 Å². The Labute approximate surface area is 210 Å². The number of carboxylic acids is 2. The Balaban J connectivity index is 2.09. The van der Waals surface area contributed by atoms with Gasteiger partial charge in [-0.25, -0.2) is 4.79 Å². The first-order valence-corrected chi connectivity index (χ1v) is 11.1. The number of carboxylic acid groups (broad SMARTS) is 2. The molecule has 0 spiro atoms. The van der Waals surface area contributed by atoms with Gasteiger partial charge in [-0.1, -0.05) is 37.3 Å². The van der Waals surface area contributed by atoms with Gasteiger partial charge in [0.15, 0.2) is 16.9 Å². The Morgan fingerprint density at radius 1 is 1.08 bits per heavy atom. The van der Waals surface area contributed by atoms with E-state index in [4.69, 9.17) is 9.47 Å². The number of allylic oxidation sites excluding steroid dienone is 2. The molecule has 0 aliphatic heterocycles. The van der Waals surface area contributed by atoms with E-state index >= 15 is 0 Å². The fourth-order valence-corrected chi connectivity index (χ4v) is 3.97. The van der Waals surface area contributed by atoms with E-state index in [9.17, 15) is 39.5 Å². The highest BCUT2D eigenvalue weighted by atomic mass is 16.6. The molecule has 2 aromatic rings. The Morgan fingerprint density at radius 2 is 1.76 bits per heavy atom. The van der Waals surface area contributed by atoms with E-state index < -0.39 is 56.8 Å². The van der Waals surface area contributed by atoms with Gasteiger partial charge in [-0.05, 0) is 36.8 Å². The van der Waals surface area contributed by atoms with Crippen LogP contribution in [-0.2, 0) is 25.7 Å². The summed E-state index contributed by atoms with van der Waals surface area (Å²) in [7, 11) is 0. The Morgan fingerprint density at radius 3 is 2.32 bits per heavy atom. The van der Waals surface area contributed by atoms with Crippen molar-refractivity contribution < 1.29 is 43.8 Å². The highest BCUT2D eigenvalue weighted by molar-refractivity contribution is 6.15. The van der Waals surface area contributed by atoms with Gasteiger partial charge in [0.25, 0.3) is 0 Å². The fraction of sp³-hybridized carbons (Fsp3) is 0.231. The highest BCUT2D eigenvalue weighted by Gasteiger charge is 2.55. The molecule has 0 aromatic heterocycles. The summed E-state index contributed by atoms with van der Waals surface area (Å²) in [6.07, 6.45) is 1.86. The van der Waals surface area contributed by atoms with Crippen LogP contribution in [0.25, 0.3) is 0 Å². The largest absolute Gasteiger partial charge is 0.482 e. The molecule has 0 amide bonds. The molecule has 1 aliphatic carbocycles. The average Bonchev–Trinajstić information content (AvgIpc) is 2.87. The molecule has 192 valence electrons. The van der Waals surface area contributed by atoms with Gasteiger partial charge in [0.05, 0.1) is 11.5 Å². The molecule has 1 aliphatic rings. The van der Waals surface area contributed by atoms with Crippen molar-refractivity contribution in [2.45, 2.75) is 20.5 Å². The number of hydrogen-bond acceptors (Lipinski definition) is 8. The molecule has 0 fully saturated rings. The van der Waals surface area contributed by atoms with Crippen LogP contribution in [0.4, 0.5) is 5.69 Å². The number of aliphatic carboxylic acids is 2. The zero-order chi connectivity index (χ0) is 27.3. The van der Waals surface area contributed by atoms with E-state index in [0.29, 0.717) is 5.56 Å². The number of carbonyl (C=O) groups is 4. The number of esters is 1. The molecule has 0 saturated heterocycles. The van der Waals surface area contributed by atoms with E-state index in [0.717, 1.165) is 30.4 Å². The zero-order valence-electron chi connectivity index (χ0n) is 19.9. The molecule has 3 rings (SSSR count). The lowest BCUT2D eigenvalue weighted by atomic mass is 9.67. The summed E-state index contributed by atoms with van der Waals surface area (Å²) >= 11 is 0. The predicted octanol–water partition coefficient (Wildman–Crippen LogP) is 3.58. The Hall–Kier alpha value is -4.80. The minimum absolute atomic E-state index is 0.0341. The highest BCUT2D eigenvalue weighted by Crippen LogP contribution is 2.42. The Bertz CT molecular complexity index is 1330. The minimum atomic E-state index is -2.48. The molecule has 2 N–H and O–H groups in total. The molecule has 2 aromatic carbocycles. The molecule has 0 bridgehead atoms. The van der Waals surface area contributed by atoms with Gasteiger partial charge < -0.3 is 19.7 Å². The number of nitro benzene ring substituents is 1. The molecule has 0 saturated carbocycles. The van der Waals surface area contributed by atoms with Crippen LogP contribution in [0.15, 0.2) is 71.8 Å². The van der Waals surface area contributed by atoms with Gasteiger partial charge in [-0.2, -0.15) is 0 Å². The van der Waals surface area contributed by atoms with E-state index in [1.54, 1.807) is 30.3 Å². The van der Waals surface area contributed by atoms with Gasteiger partial charge >= 0.3 is 23.6 Å². The van der Waals surface area contributed by atoms with Crippen molar-refractivity contribution in [1.82, 2.24) is 0 Å². The second-order valence-electron chi connectivity index (χ2n) is 8.16. The van der Waals surface area contributed by atoms with Gasteiger partial charge in [0.2, 0.25) is 0 Å². The summed E-state index contributed by atoms with van der Waals surface area (Å²) in [5, 5.41) is 31.2. The number of nitrogens with zero attached hydrogens (tertiary/aromatic N) is 1. The summed E-state index contributed by atoms with van der Waals surface area (Å²) in [4.78, 5) is 61.2. The summed E-state index contributed by atoms with van der Waals surface area (Å²) in [6, 6.07) is 12.1. The smallest absolute Gasteiger partial charge is 0.331 e. The number of benzene rings is 2. The van der Waals surface area contributed by atoms with E-state index in [1.807, 2.05) is 0 Å². The van der Waals surface area contributed by atoms with Crippen LogP contribution in [0.5, 0.6) is 5.75 Å². The first-order valence-electron chi connectivity index (χ1n) is 11.1. The third-order valence-electron chi connectivity index (χ3n) is 5.98. The van der Waals surface area contributed by atoms with E-state index in [-0.39, 0.29) is 24.5 Å². The van der Waals surface area contributed by atoms with Crippen LogP contribution in [0.2, 0.25) is 0 Å². The van der Waals surface area contributed by atoms with E-state index in [1.165, 1.54) is 13.8 Å². The second kappa shape index (κ2) is 10.9. The number of nitro groups is 1. The second-order valence-corrected chi connectivity index (χ2v) is 8.16. The molecular formula is C26H23NO10. The van der Waals surface area contributed by atoms with Gasteiger partial charge in [0.1, 0.15) is 6.61 Å². The number of Topliss-reactive ketones (excluding diaryl/α,β-unsaturated/α-hetero) is 1. The summed E-state index contributed by atoms with van der Waals surface area (Å²) in [6.45, 7) is 2.49. The van der Waals surface area contributed by atoms with Gasteiger partial charge in [0, 0.05) is 28.7 Å². The van der Waals surface area contributed by atoms with Crippen LogP contribution in [0, 0.1) is 21.4 Å². The van der Waals surface area contributed by atoms with Crippen LogP contribution >= 0.6 is 0 Å². The summed E-state index contributed by atoms with van der Waals surface area (Å²) < 4.78 is 10.5. The lowest BCUT2D eigenvalue weighted by Crippen LogP contribution is -2.47. The van der Waals surface area contributed by atoms with Crippen LogP contribution in [0.1, 0.15) is 29.8 Å². The maximum atomic E-state index is 13.4. The first-order chi connectivity index (χ1) is 17.5. The zero-order valence-corrected chi connectivity index (χ0v) is 19.9. The number of rotatable bonds is 10. The molecule has 11 nitrogen and oxygen atoms in total. The lowest BCUT2D eigenvalue weighted by Gasteiger charge is -2.33. The monoisotopic (exact) mass is 509 g/mol. The molecule has 2 atom stereocenters. The predicted molar refractivity (Wildman–Crippen MR) is 128 cm³/mol. The first kappa shape index (κ1) is 26.8.